The van der Waals surface area contributed by atoms with Crippen LogP contribution in [0.2, 0.25) is 0 Å². The van der Waals surface area contributed by atoms with Gasteiger partial charge in [0.25, 0.3) is 0 Å². The molecule has 0 saturated carbocycles. The van der Waals surface area contributed by atoms with Crippen LogP contribution in [0.3, 0.4) is 0 Å². The molecular weight excluding hydrogens is 300 g/mol. The average Bonchev–Trinajstić information content (AvgIpc) is 2.41. The number of hydrogen-bond acceptors (Lipinski definition) is 6. The van der Waals surface area contributed by atoms with Crippen molar-refractivity contribution in [2.75, 3.05) is 5.75 Å². The lowest BCUT2D eigenvalue weighted by Gasteiger charge is -2.19. The highest BCUT2D eigenvalue weighted by molar-refractivity contribution is 7.80. The zero-order valence-corrected chi connectivity index (χ0v) is 12.4. The lowest BCUT2D eigenvalue weighted by Crippen LogP contribution is -2.53. The quantitative estimate of drug-likeness (QED) is 0.259. The summed E-state index contributed by atoms with van der Waals surface area (Å²) in [6.07, 6.45) is -0.310. The molecule has 0 rings (SSSR count). The molecule has 120 valence electrons. The summed E-state index contributed by atoms with van der Waals surface area (Å²) >= 11 is 3.85. The zero-order valence-electron chi connectivity index (χ0n) is 11.5. The Morgan fingerprint density at radius 2 is 1.76 bits per heavy atom. The number of carbonyl (C=O) groups excluding carboxylic acids is 3. The van der Waals surface area contributed by atoms with Crippen LogP contribution in [0.15, 0.2) is 0 Å². The number of carboxylic acids is 1. The lowest BCUT2D eigenvalue weighted by molar-refractivity contribution is -0.142. The van der Waals surface area contributed by atoms with Crippen LogP contribution in [0.4, 0.5) is 0 Å². The van der Waals surface area contributed by atoms with Gasteiger partial charge in [-0.2, -0.15) is 12.6 Å². The number of nitrogens with one attached hydrogen (secondary N) is 2. The number of carboxylic acid groups (broad SMARTS) is 1. The Morgan fingerprint density at radius 3 is 2.19 bits per heavy atom. The van der Waals surface area contributed by atoms with Crippen molar-refractivity contribution in [3.8, 4) is 0 Å². The van der Waals surface area contributed by atoms with E-state index in [1.807, 2.05) is 0 Å². The molecule has 10 heteroatoms. The van der Waals surface area contributed by atoms with Crippen molar-refractivity contribution < 1.29 is 24.3 Å². The van der Waals surface area contributed by atoms with E-state index >= 15 is 0 Å². The van der Waals surface area contributed by atoms with Crippen LogP contribution >= 0.6 is 12.6 Å². The summed E-state index contributed by atoms with van der Waals surface area (Å²) in [4.78, 5) is 44.9. The van der Waals surface area contributed by atoms with Gasteiger partial charge in [-0.05, 0) is 13.3 Å². The summed E-state index contributed by atoms with van der Waals surface area (Å²) < 4.78 is 0. The molecule has 0 bridgehead atoms. The first-order valence-electron chi connectivity index (χ1n) is 6.17. The van der Waals surface area contributed by atoms with Crippen LogP contribution in [0.1, 0.15) is 19.8 Å². The van der Waals surface area contributed by atoms with Crippen molar-refractivity contribution in [3.63, 3.8) is 0 Å². The third-order valence-corrected chi connectivity index (χ3v) is 2.97. The third-order valence-electron chi connectivity index (χ3n) is 2.58. The van der Waals surface area contributed by atoms with Gasteiger partial charge in [-0.25, -0.2) is 4.79 Å². The van der Waals surface area contributed by atoms with Gasteiger partial charge < -0.3 is 27.2 Å². The molecular formula is C11H20N4O5S. The SMILES string of the molecule is CC(NC(=O)C(N)CS)C(=O)NC(CCC(N)=O)C(=O)O. The van der Waals surface area contributed by atoms with Crippen LogP contribution in [-0.2, 0) is 19.2 Å². The Labute approximate surface area is 127 Å². The Bertz CT molecular complexity index is 417. The Hall–Kier alpha value is -1.81. The summed E-state index contributed by atoms with van der Waals surface area (Å²) in [5.74, 6) is -3.13. The summed E-state index contributed by atoms with van der Waals surface area (Å²) in [6.45, 7) is 1.38. The van der Waals surface area contributed by atoms with E-state index in [0.29, 0.717) is 0 Å². The minimum absolute atomic E-state index is 0.108. The van der Waals surface area contributed by atoms with Crippen LogP contribution in [0.25, 0.3) is 0 Å². The molecule has 0 radical (unpaired) electrons. The normalized spacial score (nSPS) is 14.6. The fraction of sp³-hybridized carbons (Fsp3) is 0.636. The average molecular weight is 320 g/mol. The third kappa shape index (κ3) is 7.51. The van der Waals surface area contributed by atoms with E-state index in [0.717, 1.165) is 0 Å². The van der Waals surface area contributed by atoms with Gasteiger partial charge in [-0.15, -0.1) is 0 Å². The van der Waals surface area contributed by atoms with Crippen molar-refractivity contribution in [1.82, 2.24) is 10.6 Å². The maximum Gasteiger partial charge on any atom is 0.326 e. The van der Waals surface area contributed by atoms with Crippen LogP contribution < -0.4 is 22.1 Å². The van der Waals surface area contributed by atoms with Crippen molar-refractivity contribution in [2.24, 2.45) is 11.5 Å². The summed E-state index contributed by atoms with van der Waals surface area (Å²) in [6, 6.07) is -3.10. The highest BCUT2D eigenvalue weighted by atomic mass is 32.1. The molecule has 7 N–H and O–H groups in total. The second-order valence-corrected chi connectivity index (χ2v) is 4.79. The van der Waals surface area contributed by atoms with Gasteiger partial charge in [-0.3, -0.25) is 14.4 Å². The van der Waals surface area contributed by atoms with Crippen LogP contribution in [0.5, 0.6) is 0 Å². The van der Waals surface area contributed by atoms with E-state index in [9.17, 15) is 19.2 Å². The molecule has 9 nitrogen and oxygen atoms in total. The molecule has 0 aromatic rings. The van der Waals surface area contributed by atoms with Crippen LogP contribution in [-0.4, -0.2) is 52.7 Å². The van der Waals surface area contributed by atoms with Crippen molar-refractivity contribution in [2.45, 2.75) is 37.9 Å². The molecule has 0 aliphatic heterocycles. The van der Waals surface area contributed by atoms with Gasteiger partial charge in [0.05, 0.1) is 6.04 Å². The largest absolute Gasteiger partial charge is 0.480 e. The number of thiol groups is 1. The number of nitrogens with two attached hydrogens (primary N) is 2. The van der Waals surface area contributed by atoms with Gasteiger partial charge in [0, 0.05) is 12.2 Å². The zero-order chi connectivity index (χ0) is 16.6. The van der Waals surface area contributed by atoms with E-state index in [-0.39, 0.29) is 18.6 Å². The minimum Gasteiger partial charge on any atom is -0.480 e. The van der Waals surface area contributed by atoms with Crippen LogP contribution in [0, 0.1) is 0 Å². The smallest absolute Gasteiger partial charge is 0.326 e. The van der Waals surface area contributed by atoms with Gasteiger partial charge in [0.2, 0.25) is 17.7 Å². The van der Waals surface area contributed by atoms with E-state index in [1.165, 1.54) is 6.92 Å². The second-order valence-electron chi connectivity index (χ2n) is 4.42. The second kappa shape index (κ2) is 9.19. The molecule has 3 unspecified atom stereocenters. The highest BCUT2D eigenvalue weighted by Crippen LogP contribution is 1.98. The molecule has 3 amide bonds. The van der Waals surface area contributed by atoms with E-state index in [2.05, 4.69) is 23.3 Å². The molecule has 0 aromatic carbocycles. The first-order chi connectivity index (χ1) is 9.68. The monoisotopic (exact) mass is 320 g/mol. The molecule has 0 saturated heterocycles. The van der Waals surface area contributed by atoms with E-state index in [1.54, 1.807) is 0 Å². The summed E-state index contributed by atoms with van der Waals surface area (Å²) in [7, 11) is 0. The number of primary amides is 1. The van der Waals surface area contributed by atoms with E-state index < -0.39 is 41.8 Å². The first-order valence-corrected chi connectivity index (χ1v) is 6.80. The summed E-state index contributed by atoms with van der Waals surface area (Å²) in [5, 5.41) is 13.5. The standard InChI is InChI=1S/C11H20N4O5S/c1-5(14-10(18)6(12)4-21)9(17)15-7(11(19)20)2-3-8(13)16/h5-7,21H,2-4,12H2,1H3,(H2,13,16)(H,14,18)(H,15,17)(H,19,20). The van der Waals surface area contributed by atoms with Gasteiger partial charge in [0.1, 0.15) is 12.1 Å². The number of rotatable bonds is 9. The Kier molecular flexibility index (Phi) is 8.39. The maximum absolute atomic E-state index is 11.8. The Morgan fingerprint density at radius 1 is 1.19 bits per heavy atom. The fourth-order valence-electron chi connectivity index (χ4n) is 1.31. The number of hydrogen-bond donors (Lipinski definition) is 6. The predicted molar refractivity (Wildman–Crippen MR) is 77.4 cm³/mol. The molecule has 0 aliphatic carbocycles. The van der Waals surface area contributed by atoms with Gasteiger partial charge in [-0.1, -0.05) is 0 Å². The number of amides is 3. The van der Waals surface area contributed by atoms with Gasteiger partial charge >= 0.3 is 5.97 Å². The van der Waals surface area contributed by atoms with Gasteiger partial charge in [0.15, 0.2) is 0 Å². The summed E-state index contributed by atoms with van der Waals surface area (Å²) in [5.41, 5.74) is 10.4. The predicted octanol–water partition coefficient (Wildman–Crippen LogP) is -2.42. The first kappa shape index (κ1) is 19.2. The number of carbonyl (C=O) groups is 4. The molecule has 0 heterocycles. The van der Waals surface area contributed by atoms with Crippen molar-refractivity contribution in [3.05, 3.63) is 0 Å². The molecule has 0 spiro atoms. The minimum atomic E-state index is -1.30. The molecule has 0 aliphatic rings. The fourth-order valence-corrected chi connectivity index (χ4v) is 1.48. The molecule has 3 atom stereocenters. The van der Waals surface area contributed by atoms with Crippen molar-refractivity contribution >= 4 is 36.3 Å². The maximum atomic E-state index is 11.8. The lowest BCUT2D eigenvalue weighted by atomic mass is 10.1. The highest BCUT2D eigenvalue weighted by Gasteiger charge is 2.25. The Balaban J connectivity index is 4.50. The number of aliphatic carboxylic acids is 1. The van der Waals surface area contributed by atoms with Crippen molar-refractivity contribution in [1.29, 1.82) is 0 Å². The van der Waals surface area contributed by atoms with E-state index in [4.69, 9.17) is 16.6 Å². The topological polar surface area (TPSA) is 165 Å². The molecule has 0 fully saturated rings. The molecule has 21 heavy (non-hydrogen) atoms. The molecule has 0 aromatic heterocycles.